The average molecular weight is 264 g/mol. The molecule has 96 valence electrons. The monoisotopic (exact) mass is 264 g/mol. The maximum absolute atomic E-state index is 11.1. The molecule has 1 amide bonds. The van der Waals surface area contributed by atoms with Gasteiger partial charge in [0, 0.05) is 23.6 Å². The fraction of sp³-hybridized carbons (Fsp3) is 0.308. The van der Waals surface area contributed by atoms with Gasteiger partial charge in [-0.05, 0) is 30.2 Å². The van der Waals surface area contributed by atoms with Crippen LogP contribution in [0.1, 0.15) is 5.56 Å². The van der Waals surface area contributed by atoms with Crippen LogP contribution in [0.2, 0.25) is 0 Å². The molecule has 0 saturated carbocycles. The minimum Gasteiger partial charge on any atom is -0.497 e. The molecule has 18 heavy (non-hydrogen) atoms. The number of thiol groups is 1. The predicted octanol–water partition coefficient (Wildman–Crippen LogP) is 1.76. The third kappa shape index (κ3) is 2.79. The van der Waals surface area contributed by atoms with Gasteiger partial charge in [0.2, 0.25) is 5.91 Å². The zero-order valence-corrected chi connectivity index (χ0v) is 11.1. The highest BCUT2D eigenvalue weighted by Crippen LogP contribution is 2.23. The van der Waals surface area contributed by atoms with Gasteiger partial charge in [-0.1, -0.05) is 0 Å². The number of hydrogen-bond acceptors (Lipinski definition) is 3. The highest BCUT2D eigenvalue weighted by atomic mass is 32.1. The fourth-order valence-corrected chi connectivity index (χ4v) is 2.00. The number of fused-ring (bicyclic) bond motifs is 1. The Hall–Kier alpha value is -1.62. The lowest BCUT2D eigenvalue weighted by molar-refractivity contribution is -0.118. The van der Waals surface area contributed by atoms with Gasteiger partial charge < -0.3 is 15.0 Å². The Morgan fingerprint density at radius 2 is 2.33 bits per heavy atom. The third-order valence-electron chi connectivity index (χ3n) is 2.83. The first-order chi connectivity index (χ1) is 8.74. The van der Waals surface area contributed by atoms with Crippen LogP contribution in [0.4, 0.5) is 0 Å². The van der Waals surface area contributed by atoms with E-state index in [0.29, 0.717) is 6.54 Å². The molecule has 0 unspecified atom stereocenters. The summed E-state index contributed by atoms with van der Waals surface area (Å²) in [5.41, 5.74) is 2.25. The summed E-state index contributed by atoms with van der Waals surface area (Å²) in [4.78, 5) is 14.3. The van der Waals surface area contributed by atoms with Crippen molar-refractivity contribution in [3.05, 3.63) is 30.0 Å². The number of ether oxygens (including phenoxy) is 1. The molecule has 0 fully saturated rings. The zero-order valence-electron chi connectivity index (χ0n) is 10.2. The van der Waals surface area contributed by atoms with Crippen LogP contribution in [0.25, 0.3) is 10.9 Å². The SMILES string of the molecule is COc1ccc2[nH]cc(CCNC(=O)CS)c2c1. The highest BCUT2D eigenvalue weighted by molar-refractivity contribution is 7.81. The van der Waals surface area contributed by atoms with Gasteiger partial charge in [0.25, 0.3) is 0 Å². The Bertz CT molecular complexity index is 551. The number of carbonyl (C=O) groups is 1. The first-order valence-electron chi connectivity index (χ1n) is 5.76. The zero-order chi connectivity index (χ0) is 13.0. The van der Waals surface area contributed by atoms with Crippen LogP contribution in [0.15, 0.2) is 24.4 Å². The van der Waals surface area contributed by atoms with Crippen molar-refractivity contribution in [1.82, 2.24) is 10.3 Å². The molecule has 0 aliphatic rings. The van der Waals surface area contributed by atoms with Crippen molar-refractivity contribution in [1.29, 1.82) is 0 Å². The minimum atomic E-state index is -0.0456. The van der Waals surface area contributed by atoms with E-state index < -0.39 is 0 Å². The van der Waals surface area contributed by atoms with Gasteiger partial charge in [0.05, 0.1) is 12.9 Å². The van der Waals surface area contributed by atoms with E-state index in [1.165, 1.54) is 5.56 Å². The van der Waals surface area contributed by atoms with Gasteiger partial charge in [0.15, 0.2) is 0 Å². The van der Waals surface area contributed by atoms with Crippen LogP contribution >= 0.6 is 12.6 Å². The van der Waals surface area contributed by atoms with Crippen LogP contribution in [0.3, 0.4) is 0 Å². The Balaban J connectivity index is 2.10. The number of amides is 1. The van der Waals surface area contributed by atoms with Crippen molar-refractivity contribution in [2.45, 2.75) is 6.42 Å². The van der Waals surface area contributed by atoms with E-state index in [1.807, 2.05) is 24.4 Å². The van der Waals surface area contributed by atoms with E-state index in [4.69, 9.17) is 4.74 Å². The maximum Gasteiger partial charge on any atom is 0.229 e. The summed E-state index contributed by atoms with van der Waals surface area (Å²) >= 11 is 3.91. The number of aromatic amines is 1. The Labute approximate surface area is 111 Å². The lowest BCUT2D eigenvalue weighted by Gasteiger charge is -2.03. The Kier molecular flexibility index (Phi) is 4.15. The summed E-state index contributed by atoms with van der Waals surface area (Å²) in [6, 6.07) is 5.91. The summed E-state index contributed by atoms with van der Waals surface area (Å²) < 4.78 is 5.21. The molecular weight excluding hydrogens is 248 g/mol. The molecule has 5 heteroatoms. The third-order valence-corrected chi connectivity index (χ3v) is 3.12. The van der Waals surface area contributed by atoms with Crippen LogP contribution < -0.4 is 10.1 Å². The number of methoxy groups -OCH3 is 1. The van der Waals surface area contributed by atoms with E-state index in [-0.39, 0.29) is 11.7 Å². The molecule has 0 bridgehead atoms. The van der Waals surface area contributed by atoms with E-state index in [1.54, 1.807) is 7.11 Å². The van der Waals surface area contributed by atoms with Crippen molar-refractivity contribution in [2.75, 3.05) is 19.4 Å². The largest absolute Gasteiger partial charge is 0.497 e. The topological polar surface area (TPSA) is 54.1 Å². The number of carbonyl (C=O) groups excluding carboxylic acids is 1. The van der Waals surface area contributed by atoms with E-state index in [9.17, 15) is 4.79 Å². The molecule has 0 spiro atoms. The summed E-state index contributed by atoms with van der Waals surface area (Å²) in [6.45, 7) is 0.615. The van der Waals surface area contributed by atoms with Gasteiger partial charge in [0.1, 0.15) is 5.75 Å². The Morgan fingerprint density at radius 3 is 3.06 bits per heavy atom. The van der Waals surface area contributed by atoms with Crippen molar-refractivity contribution in [3.8, 4) is 5.75 Å². The molecule has 1 aromatic heterocycles. The number of benzene rings is 1. The first kappa shape index (κ1) is 12.8. The summed E-state index contributed by atoms with van der Waals surface area (Å²) in [7, 11) is 1.65. The standard InChI is InChI=1S/C13H16N2O2S/c1-17-10-2-3-12-11(6-10)9(7-15-12)4-5-14-13(16)8-18/h2-3,6-7,15,18H,4-5,8H2,1H3,(H,14,16). The van der Waals surface area contributed by atoms with Gasteiger partial charge in [-0.15, -0.1) is 0 Å². The molecule has 0 aliphatic heterocycles. The molecular formula is C13H16N2O2S. The van der Waals surface area contributed by atoms with E-state index in [2.05, 4.69) is 22.9 Å². The van der Waals surface area contributed by atoms with Crippen molar-refractivity contribution in [2.24, 2.45) is 0 Å². The van der Waals surface area contributed by atoms with Crippen LogP contribution in [0, 0.1) is 0 Å². The van der Waals surface area contributed by atoms with Crippen molar-refractivity contribution < 1.29 is 9.53 Å². The number of hydrogen-bond donors (Lipinski definition) is 3. The summed E-state index contributed by atoms with van der Waals surface area (Å²) in [5, 5.41) is 3.94. The maximum atomic E-state index is 11.1. The molecule has 2 N–H and O–H groups in total. The molecule has 2 aromatic rings. The quantitative estimate of drug-likeness (QED) is 0.721. The second-order valence-electron chi connectivity index (χ2n) is 3.98. The lowest BCUT2D eigenvalue weighted by Crippen LogP contribution is -2.26. The normalized spacial score (nSPS) is 10.6. The molecule has 0 saturated heterocycles. The van der Waals surface area contributed by atoms with Gasteiger partial charge in [-0.2, -0.15) is 12.6 Å². The van der Waals surface area contributed by atoms with E-state index >= 15 is 0 Å². The van der Waals surface area contributed by atoms with Gasteiger partial charge in [-0.25, -0.2) is 0 Å². The molecule has 1 aromatic carbocycles. The van der Waals surface area contributed by atoms with Crippen LogP contribution in [-0.2, 0) is 11.2 Å². The van der Waals surface area contributed by atoms with Crippen LogP contribution in [0.5, 0.6) is 5.75 Å². The number of aromatic nitrogens is 1. The number of H-pyrrole nitrogens is 1. The van der Waals surface area contributed by atoms with Crippen LogP contribution in [-0.4, -0.2) is 30.3 Å². The first-order valence-corrected chi connectivity index (χ1v) is 6.39. The summed E-state index contributed by atoms with van der Waals surface area (Å²) in [6.07, 6.45) is 2.75. The molecule has 2 rings (SSSR count). The summed E-state index contributed by atoms with van der Waals surface area (Å²) in [5.74, 6) is 1.01. The number of nitrogens with one attached hydrogen (secondary N) is 2. The lowest BCUT2D eigenvalue weighted by atomic mass is 10.1. The predicted molar refractivity (Wildman–Crippen MR) is 75.4 cm³/mol. The highest BCUT2D eigenvalue weighted by Gasteiger charge is 2.05. The second kappa shape index (κ2) is 5.82. The van der Waals surface area contributed by atoms with E-state index in [0.717, 1.165) is 23.1 Å². The fourth-order valence-electron chi connectivity index (χ4n) is 1.88. The molecule has 4 nitrogen and oxygen atoms in total. The average Bonchev–Trinajstić information content (AvgIpc) is 2.81. The number of rotatable bonds is 5. The molecule has 0 aliphatic carbocycles. The van der Waals surface area contributed by atoms with Crippen molar-refractivity contribution >= 4 is 29.4 Å². The molecule has 0 radical (unpaired) electrons. The molecule has 0 atom stereocenters. The second-order valence-corrected chi connectivity index (χ2v) is 4.30. The van der Waals surface area contributed by atoms with Gasteiger partial charge >= 0.3 is 0 Å². The smallest absolute Gasteiger partial charge is 0.229 e. The molecule has 1 heterocycles. The minimum absolute atomic E-state index is 0.0456. The Morgan fingerprint density at radius 1 is 1.50 bits per heavy atom. The van der Waals surface area contributed by atoms with Gasteiger partial charge in [-0.3, -0.25) is 4.79 Å². The van der Waals surface area contributed by atoms with Crippen molar-refractivity contribution in [3.63, 3.8) is 0 Å².